The molecule has 0 aliphatic heterocycles. The topological polar surface area (TPSA) is 61.7 Å². The molecule has 3 aromatic rings. The van der Waals surface area contributed by atoms with E-state index in [1.165, 1.54) is 5.56 Å². The third kappa shape index (κ3) is 2.20. The minimum absolute atomic E-state index is 0.531. The SMILES string of the molecule is CCc1nn(C)cc1Cn1c(N)nc2cc(Br)ccc21. The average Bonchev–Trinajstić information content (AvgIpc) is 2.90. The quantitative estimate of drug-likeness (QED) is 0.801. The molecule has 0 bridgehead atoms. The molecule has 0 unspecified atom stereocenters. The van der Waals surface area contributed by atoms with E-state index in [-0.39, 0.29) is 0 Å². The van der Waals surface area contributed by atoms with E-state index in [1.54, 1.807) is 0 Å². The summed E-state index contributed by atoms with van der Waals surface area (Å²) in [5.74, 6) is 0.531. The number of hydrogen-bond acceptors (Lipinski definition) is 3. The van der Waals surface area contributed by atoms with Gasteiger partial charge in [-0.1, -0.05) is 22.9 Å². The first kappa shape index (κ1) is 13.2. The molecule has 20 heavy (non-hydrogen) atoms. The highest BCUT2D eigenvalue weighted by molar-refractivity contribution is 9.10. The molecule has 0 aliphatic carbocycles. The number of hydrogen-bond donors (Lipinski definition) is 1. The molecule has 2 aromatic heterocycles. The Morgan fingerprint density at radius 1 is 1.35 bits per heavy atom. The molecule has 0 radical (unpaired) electrons. The minimum Gasteiger partial charge on any atom is -0.369 e. The molecule has 0 amide bonds. The first-order valence-electron chi connectivity index (χ1n) is 6.51. The first-order chi connectivity index (χ1) is 9.58. The van der Waals surface area contributed by atoms with Gasteiger partial charge < -0.3 is 10.3 Å². The van der Waals surface area contributed by atoms with Gasteiger partial charge in [0, 0.05) is 23.3 Å². The van der Waals surface area contributed by atoms with Crippen LogP contribution in [0.1, 0.15) is 18.2 Å². The summed E-state index contributed by atoms with van der Waals surface area (Å²) in [5.41, 5.74) is 10.3. The monoisotopic (exact) mass is 333 g/mol. The molecule has 0 saturated carbocycles. The molecule has 0 saturated heterocycles. The molecule has 6 heteroatoms. The highest BCUT2D eigenvalue weighted by Crippen LogP contribution is 2.23. The number of anilines is 1. The highest BCUT2D eigenvalue weighted by atomic mass is 79.9. The van der Waals surface area contributed by atoms with E-state index in [1.807, 2.05) is 40.7 Å². The summed E-state index contributed by atoms with van der Waals surface area (Å²) in [6, 6.07) is 6.01. The maximum atomic E-state index is 6.06. The molecule has 0 spiro atoms. The third-order valence-corrected chi connectivity index (χ3v) is 3.89. The maximum Gasteiger partial charge on any atom is 0.201 e. The Morgan fingerprint density at radius 2 is 2.15 bits per heavy atom. The summed E-state index contributed by atoms with van der Waals surface area (Å²) in [4.78, 5) is 4.42. The summed E-state index contributed by atoms with van der Waals surface area (Å²) in [6.45, 7) is 2.80. The molecule has 1 aromatic carbocycles. The summed E-state index contributed by atoms with van der Waals surface area (Å²) in [7, 11) is 1.94. The fourth-order valence-corrected chi connectivity index (χ4v) is 2.82. The second kappa shape index (κ2) is 4.94. The Morgan fingerprint density at radius 3 is 2.90 bits per heavy atom. The summed E-state index contributed by atoms with van der Waals surface area (Å²) in [6.07, 6.45) is 2.96. The third-order valence-electron chi connectivity index (χ3n) is 3.39. The van der Waals surface area contributed by atoms with Gasteiger partial charge in [0.2, 0.25) is 5.95 Å². The molecule has 2 N–H and O–H groups in total. The zero-order chi connectivity index (χ0) is 14.3. The van der Waals surface area contributed by atoms with Crippen LogP contribution in [0.2, 0.25) is 0 Å². The van der Waals surface area contributed by atoms with Crippen molar-refractivity contribution in [3.05, 3.63) is 40.1 Å². The van der Waals surface area contributed by atoms with E-state index >= 15 is 0 Å². The lowest BCUT2D eigenvalue weighted by Crippen LogP contribution is -2.05. The van der Waals surface area contributed by atoms with Crippen LogP contribution in [-0.4, -0.2) is 19.3 Å². The van der Waals surface area contributed by atoms with Crippen LogP contribution in [0, 0.1) is 0 Å². The Hall–Kier alpha value is -1.82. The number of nitrogens with zero attached hydrogens (tertiary/aromatic N) is 4. The predicted molar refractivity (Wildman–Crippen MR) is 83.5 cm³/mol. The van der Waals surface area contributed by atoms with Crippen molar-refractivity contribution in [2.45, 2.75) is 19.9 Å². The van der Waals surface area contributed by atoms with E-state index in [0.717, 1.165) is 27.6 Å². The molecule has 0 fully saturated rings. The van der Waals surface area contributed by atoms with Gasteiger partial charge in [-0.2, -0.15) is 5.10 Å². The number of aryl methyl sites for hydroxylation is 2. The van der Waals surface area contributed by atoms with Crippen molar-refractivity contribution < 1.29 is 0 Å². The number of imidazole rings is 1. The minimum atomic E-state index is 0.531. The van der Waals surface area contributed by atoms with Crippen molar-refractivity contribution in [2.24, 2.45) is 7.05 Å². The zero-order valence-corrected chi connectivity index (χ0v) is 13.1. The van der Waals surface area contributed by atoms with Gasteiger partial charge in [-0.3, -0.25) is 4.68 Å². The van der Waals surface area contributed by atoms with Crippen LogP contribution in [0.25, 0.3) is 11.0 Å². The fourth-order valence-electron chi connectivity index (χ4n) is 2.47. The molecule has 5 nitrogen and oxygen atoms in total. The van der Waals surface area contributed by atoms with Crippen LogP contribution in [0.5, 0.6) is 0 Å². The second-order valence-corrected chi connectivity index (χ2v) is 5.73. The van der Waals surface area contributed by atoms with Crippen LogP contribution in [0.3, 0.4) is 0 Å². The summed E-state index contributed by atoms with van der Waals surface area (Å²) in [5, 5.41) is 4.47. The van der Waals surface area contributed by atoms with Gasteiger partial charge in [-0.15, -0.1) is 0 Å². The predicted octanol–water partition coefficient (Wildman–Crippen LogP) is 2.73. The van der Waals surface area contributed by atoms with Crippen LogP contribution in [0.4, 0.5) is 5.95 Å². The Labute approximate surface area is 125 Å². The maximum absolute atomic E-state index is 6.06. The Kier molecular flexibility index (Phi) is 3.25. The van der Waals surface area contributed by atoms with Gasteiger partial charge in [0.15, 0.2) is 0 Å². The van der Waals surface area contributed by atoms with Gasteiger partial charge in [0.05, 0.1) is 23.3 Å². The van der Waals surface area contributed by atoms with E-state index in [9.17, 15) is 0 Å². The van der Waals surface area contributed by atoms with Crippen LogP contribution >= 0.6 is 15.9 Å². The number of aromatic nitrogens is 4. The van der Waals surface area contributed by atoms with Gasteiger partial charge in [-0.25, -0.2) is 4.98 Å². The molecular formula is C14H16BrN5. The smallest absolute Gasteiger partial charge is 0.201 e. The van der Waals surface area contributed by atoms with Gasteiger partial charge in [0.1, 0.15) is 0 Å². The molecule has 2 heterocycles. The Bertz CT molecular complexity index is 771. The lowest BCUT2D eigenvalue weighted by Gasteiger charge is -2.06. The van der Waals surface area contributed by atoms with Gasteiger partial charge in [-0.05, 0) is 24.6 Å². The van der Waals surface area contributed by atoms with Crippen molar-refractivity contribution in [2.75, 3.05) is 5.73 Å². The molecule has 0 atom stereocenters. The zero-order valence-electron chi connectivity index (χ0n) is 11.5. The number of nitrogens with two attached hydrogens (primary N) is 1. The summed E-state index contributed by atoms with van der Waals surface area (Å²) >= 11 is 3.46. The molecular weight excluding hydrogens is 318 g/mol. The Balaban J connectivity index is 2.08. The first-order valence-corrected chi connectivity index (χ1v) is 7.30. The van der Waals surface area contributed by atoms with Crippen LogP contribution in [-0.2, 0) is 20.0 Å². The number of halogens is 1. The standard InChI is InChI=1S/C14H16BrN5/c1-3-11-9(7-19(2)18-11)8-20-13-5-4-10(15)6-12(13)17-14(20)16/h4-7H,3,8H2,1-2H3,(H2,16,17). The molecule has 3 rings (SSSR count). The second-order valence-electron chi connectivity index (χ2n) is 4.82. The highest BCUT2D eigenvalue weighted by Gasteiger charge is 2.12. The number of benzene rings is 1. The van der Waals surface area contributed by atoms with Gasteiger partial charge >= 0.3 is 0 Å². The van der Waals surface area contributed by atoms with Crippen LogP contribution in [0.15, 0.2) is 28.9 Å². The van der Waals surface area contributed by atoms with Crippen LogP contribution < -0.4 is 5.73 Å². The van der Waals surface area contributed by atoms with Gasteiger partial charge in [0.25, 0.3) is 0 Å². The lowest BCUT2D eigenvalue weighted by molar-refractivity contribution is 0.746. The van der Waals surface area contributed by atoms with E-state index in [4.69, 9.17) is 5.73 Å². The normalized spacial score (nSPS) is 11.3. The summed E-state index contributed by atoms with van der Waals surface area (Å²) < 4.78 is 4.88. The fraction of sp³-hybridized carbons (Fsp3) is 0.286. The van der Waals surface area contributed by atoms with E-state index in [2.05, 4.69) is 32.9 Å². The average molecular weight is 334 g/mol. The van der Waals surface area contributed by atoms with E-state index in [0.29, 0.717) is 12.5 Å². The molecule has 0 aliphatic rings. The van der Waals surface area contributed by atoms with Crippen molar-refractivity contribution in [1.29, 1.82) is 0 Å². The lowest BCUT2D eigenvalue weighted by atomic mass is 10.2. The number of rotatable bonds is 3. The molecule has 104 valence electrons. The van der Waals surface area contributed by atoms with Crippen molar-refractivity contribution in [3.8, 4) is 0 Å². The van der Waals surface area contributed by atoms with Crippen molar-refractivity contribution in [3.63, 3.8) is 0 Å². The van der Waals surface area contributed by atoms with Crippen molar-refractivity contribution >= 4 is 32.9 Å². The number of fused-ring (bicyclic) bond motifs is 1. The number of nitrogen functional groups attached to an aromatic ring is 1. The van der Waals surface area contributed by atoms with Crippen molar-refractivity contribution in [1.82, 2.24) is 19.3 Å². The largest absolute Gasteiger partial charge is 0.369 e. The van der Waals surface area contributed by atoms with E-state index < -0.39 is 0 Å².